The van der Waals surface area contributed by atoms with Crippen molar-refractivity contribution in [1.82, 2.24) is 10.6 Å². The standard InChI is InChI=1S/C16H22BrN3O2/c1-3-18-16(20-13-6-10(13)2)19-9-11-7-12(17)15-14(8-11)21-4-5-22-15/h7-8,10,13H,3-6,9H2,1-2H3,(H2,18,19,20). The average Bonchev–Trinajstić information content (AvgIpc) is 3.20. The first-order valence-electron chi connectivity index (χ1n) is 7.80. The van der Waals surface area contributed by atoms with Gasteiger partial charge in [-0.1, -0.05) is 6.92 Å². The number of ether oxygens (including phenoxy) is 2. The summed E-state index contributed by atoms with van der Waals surface area (Å²) in [5.41, 5.74) is 1.09. The summed E-state index contributed by atoms with van der Waals surface area (Å²) in [5, 5.41) is 6.75. The van der Waals surface area contributed by atoms with Gasteiger partial charge in [-0.05, 0) is 52.9 Å². The zero-order valence-corrected chi connectivity index (χ0v) is 14.6. The number of fused-ring (bicyclic) bond motifs is 1. The Morgan fingerprint density at radius 3 is 2.86 bits per heavy atom. The lowest BCUT2D eigenvalue weighted by Crippen LogP contribution is -2.39. The maximum absolute atomic E-state index is 5.65. The molecule has 1 fully saturated rings. The van der Waals surface area contributed by atoms with Gasteiger partial charge in [0, 0.05) is 12.6 Å². The zero-order chi connectivity index (χ0) is 15.5. The topological polar surface area (TPSA) is 54.9 Å². The van der Waals surface area contributed by atoms with E-state index in [9.17, 15) is 0 Å². The molecule has 3 rings (SSSR count). The number of halogens is 1. The molecule has 0 bridgehead atoms. The highest BCUT2D eigenvalue weighted by atomic mass is 79.9. The minimum atomic E-state index is 0.560. The van der Waals surface area contributed by atoms with Crippen molar-refractivity contribution in [3.63, 3.8) is 0 Å². The Bertz CT molecular complexity index is 577. The van der Waals surface area contributed by atoms with E-state index in [1.54, 1.807) is 0 Å². The monoisotopic (exact) mass is 367 g/mol. The van der Waals surface area contributed by atoms with Crippen LogP contribution in [0.5, 0.6) is 11.5 Å². The van der Waals surface area contributed by atoms with E-state index in [1.165, 1.54) is 6.42 Å². The summed E-state index contributed by atoms with van der Waals surface area (Å²) < 4.78 is 12.2. The summed E-state index contributed by atoms with van der Waals surface area (Å²) in [5.74, 6) is 3.20. The molecule has 1 aliphatic heterocycles. The van der Waals surface area contributed by atoms with Crippen molar-refractivity contribution in [2.75, 3.05) is 19.8 Å². The van der Waals surface area contributed by atoms with E-state index in [-0.39, 0.29) is 0 Å². The summed E-state index contributed by atoms with van der Waals surface area (Å²) in [6, 6.07) is 4.61. The van der Waals surface area contributed by atoms with Crippen LogP contribution in [0, 0.1) is 5.92 Å². The van der Waals surface area contributed by atoms with Crippen molar-refractivity contribution in [2.24, 2.45) is 10.9 Å². The molecule has 0 amide bonds. The molecule has 6 heteroatoms. The Hall–Kier alpha value is -1.43. The maximum Gasteiger partial charge on any atom is 0.191 e. The normalized spacial score (nSPS) is 23.1. The molecular weight excluding hydrogens is 346 g/mol. The van der Waals surface area contributed by atoms with E-state index in [0.717, 1.165) is 40.0 Å². The third-order valence-corrected chi connectivity index (χ3v) is 4.44. The molecule has 2 aliphatic rings. The van der Waals surface area contributed by atoms with Crippen LogP contribution in [0.15, 0.2) is 21.6 Å². The van der Waals surface area contributed by atoms with Crippen LogP contribution in [-0.4, -0.2) is 31.8 Å². The van der Waals surface area contributed by atoms with Crippen LogP contribution in [0.2, 0.25) is 0 Å². The van der Waals surface area contributed by atoms with Crippen molar-refractivity contribution in [3.8, 4) is 11.5 Å². The van der Waals surface area contributed by atoms with Crippen LogP contribution in [-0.2, 0) is 6.54 Å². The summed E-state index contributed by atoms with van der Waals surface area (Å²) in [4.78, 5) is 4.67. The van der Waals surface area contributed by atoms with Gasteiger partial charge in [-0.3, -0.25) is 0 Å². The molecule has 1 aromatic carbocycles. The highest BCUT2D eigenvalue weighted by Gasteiger charge is 2.33. The summed E-state index contributed by atoms with van der Waals surface area (Å²) in [6.07, 6.45) is 1.22. The molecule has 0 aromatic heterocycles. The van der Waals surface area contributed by atoms with Gasteiger partial charge in [0.05, 0.1) is 11.0 Å². The van der Waals surface area contributed by atoms with Gasteiger partial charge >= 0.3 is 0 Å². The second-order valence-electron chi connectivity index (χ2n) is 5.76. The Kier molecular flexibility index (Phi) is 4.76. The van der Waals surface area contributed by atoms with Gasteiger partial charge in [-0.25, -0.2) is 4.99 Å². The zero-order valence-electron chi connectivity index (χ0n) is 13.0. The minimum absolute atomic E-state index is 0.560. The molecule has 5 nitrogen and oxygen atoms in total. The Morgan fingerprint density at radius 1 is 1.36 bits per heavy atom. The summed E-state index contributed by atoms with van der Waals surface area (Å²) >= 11 is 3.54. The molecular formula is C16H22BrN3O2. The number of hydrogen-bond donors (Lipinski definition) is 2. The average molecular weight is 368 g/mol. The quantitative estimate of drug-likeness (QED) is 0.634. The predicted octanol–water partition coefficient (Wildman–Crippen LogP) is 2.68. The lowest BCUT2D eigenvalue weighted by Gasteiger charge is -2.20. The molecule has 0 saturated heterocycles. The second-order valence-corrected chi connectivity index (χ2v) is 6.62. The van der Waals surface area contributed by atoms with Gasteiger partial charge in [0.15, 0.2) is 17.5 Å². The number of guanidine groups is 1. The van der Waals surface area contributed by atoms with E-state index >= 15 is 0 Å². The van der Waals surface area contributed by atoms with Gasteiger partial charge in [0.25, 0.3) is 0 Å². The first-order chi connectivity index (χ1) is 10.7. The first kappa shape index (κ1) is 15.5. The summed E-state index contributed by atoms with van der Waals surface area (Å²) in [7, 11) is 0. The lowest BCUT2D eigenvalue weighted by atomic mass is 10.2. The third-order valence-electron chi connectivity index (χ3n) is 3.85. The number of hydrogen-bond acceptors (Lipinski definition) is 3. The van der Waals surface area contributed by atoms with Crippen LogP contribution in [0.4, 0.5) is 0 Å². The fraction of sp³-hybridized carbons (Fsp3) is 0.562. The van der Waals surface area contributed by atoms with E-state index in [4.69, 9.17) is 9.47 Å². The molecule has 1 aromatic rings. The highest BCUT2D eigenvalue weighted by Crippen LogP contribution is 2.38. The molecule has 1 heterocycles. The number of aliphatic imine (C=N–C) groups is 1. The minimum Gasteiger partial charge on any atom is -0.486 e. The van der Waals surface area contributed by atoms with Gasteiger partial charge in [-0.2, -0.15) is 0 Å². The maximum atomic E-state index is 5.65. The molecule has 2 atom stereocenters. The number of nitrogens with one attached hydrogen (secondary N) is 2. The molecule has 1 saturated carbocycles. The van der Waals surface area contributed by atoms with E-state index < -0.39 is 0 Å². The van der Waals surface area contributed by atoms with Gasteiger partial charge in [-0.15, -0.1) is 0 Å². The Morgan fingerprint density at radius 2 is 2.14 bits per heavy atom. The van der Waals surface area contributed by atoms with Crippen LogP contribution in [0.1, 0.15) is 25.8 Å². The summed E-state index contributed by atoms with van der Waals surface area (Å²) in [6.45, 7) is 6.98. The van der Waals surface area contributed by atoms with Crippen molar-refractivity contribution in [1.29, 1.82) is 0 Å². The molecule has 0 radical (unpaired) electrons. The van der Waals surface area contributed by atoms with Crippen molar-refractivity contribution < 1.29 is 9.47 Å². The fourth-order valence-corrected chi connectivity index (χ4v) is 3.05. The van der Waals surface area contributed by atoms with E-state index in [0.29, 0.717) is 25.8 Å². The smallest absolute Gasteiger partial charge is 0.191 e. The fourth-order valence-electron chi connectivity index (χ4n) is 2.44. The Labute approximate surface area is 139 Å². The number of rotatable bonds is 4. The largest absolute Gasteiger partial charge is 0.486 e. The molecule has 1 aliphatic carbocycles. The van der Waals surface area contributed by atoms with E-state index in [1.807, 2.05) is 12.1 Å². The van der Waals surface area contributed by atoms with Gasteiger partial charge in [0.1, 0.15) is 13.2 Å². The highest BCUT2D eigenvalue weighted by molar-refractivity contribution is 9.10. The second kappa shape index (κ2) is 6.77. The van der Waals surface area contributed by atoms with Gasteiger partial charge in [0.2, 0.25) is 0 Å². The van der Waals surface area contributed by atoms with Crippen molar-refractivity contribution >= 4 is 21.9 Å². The third kappa shape index (κ3) is 3.66. The van der Waals surface area contributed by atoms with Crippen LogP contribution < -0.4 is 20.1 Å². The molecule has 0 spiro atoms. The van der Waals surface area contributed by atoms with Crippen LogP contribution >= 0.6 is 15.9 Å². The SMILES string of the molecule is CCNC(=NCc1cc(Br)c2c(c1)OCCO2)NC1CC1C. The molecule has 22 heavy (non-hydrogen) atoms. The molecule has 120 valence electrons. The van der Waals surface area contributed by atoms with Crippen molar-refractivity contribution in [3.05, 3.63) is 22.2 Å². The molecule has 2 N–H and O–H groups in total. The Balaban J connectivity index is 1.70. The van der Waals surface area contributed by atoms with Crippen LogP contribution in [0.25, 0.3) is 0 Å². The number of nitrogens with zero attached hydrogens (tertiary/aromatic N) is 1. The van der Waals surface area contributed by atoms with Crippen molar-refractivity contribution in [2.45, 2.75) is 32.9 Å². The number of benzene rings is 1. The lowest BCUT2D eigenvalue weighted by molar-refractivity contribution is 0.170. The first-order valence-corrected chi connectivity index (χ1v) is 8.59. The molecule has 2 unspecified atom stereocenters. The predicted molar refractivity (Wildman–Crippen MR) is 90.7 cm³/mol. The van der Waals surface area contributed by atoms with Gasteiger partial charge < -0.3 is 20.1 Å². The van der Waals surface area contributed by atoms with E-state index in [2.05, 4.69) is 45.4 Å². The van der Waals surface area contributed by atoms with Crippen LogP contribution in [0.3, 0.4) is 0 Å².